The van der Waals surface area contributed by atoms with Gasteiger partial charge in [-0.25, -0.2) is 0 Å². The minimum atomic E-state index is -0.744. The smallest absolute Gasteiger partial charge is 0.320 e. The van der Waals surface area contributed by atoms with Gasteiger partial charge in [0.15, 0.2) is 0 Å². The number of rotatable bonds is 2. The number of carbonyl (C=O) groups is 1. The van der Waals surface area contributed by atoms with E-state index in [1.165, 1.54) is 11.1 Å². The highest BCUT2D eigenvalue weighted by Gasteiger charge is 2.29. The fraction of sp³-hybridized carbons (Fsp3) is 0.417. The Labute approximate surface area is 89.1 Å². The van der Waals surface area contributed by atoms with E-state index in [9.17, 15) is 4.79 Å². The Morgan fingerprint density at radius 3 is 2.73 bits per heavy atom. The van der Waals surface area contributed by atoms with Crippen LogP contribution in [-0.4, -0.2) is 17.1 Å². The summed E-state index contributed by atoms with van der Waals surface area (Å²) in [4.78, 5) is 10.8. The van der Waals surface area contributed by atoms with Gasteiger partial charge in [0, 0.05) is 6.04 Å². The summed E-state index contributed by atoms with van der Waals surface area (Å²) in [6.45, 7) is 2.06. The number of aliphatic carboxylic acids is 1. The van der Waals surface area contributed by atoms with E-state index in [0.717, 1.165) is 6.42 Å². The Bertz CT molecular complexity index is 376. The highest BCUT2D eigenvalue weighted by Crippen LogP contribution is 2.28. The summed E-state index contributed by atoms with van der Waals surface area (Å²) in [6.07, 6.45) is 1.62. The average Bonchev–Trinajstić information content (AvgIpc) is 2.67. The van der Waals surface area contributed by atoms with Gasteiger partial charge in [0.05, 0.1) is 0 Å². The zero-order valence-corrected chi connectivity index (χ0v) is 8.73. The Morgan fingerprint density at radius 2 is 2.13 bits per heavy atom. The van der Waals surface area contributed by atoms with Crippen LogP contribution in [0.1, 0.15) is 30.0 Å². The van der Waals surface area contributed by atoms with E-state index < -0.39 is 5.97 Å². The summed E-state index contributed by atoms with van der Waals surface area (Å²) in [7, 11) is 0. The van der Waals surface area contributed by atoms with Gasteiger partial charge in [0.2, 0.25) is 0 Å². The number of carboxylic acids is 1. The maximum atomic E-state index is 10.8. The molecule has 0 saturated carbocycles. The van der Waals surface area contributed by atoms with Gasteiger partial charge < -0.3 is 5.11 Å². The summed E-state index contributed by atoms with van der Waals surface area (Å²) in [5, 5.41) is 12.0. The monoisotopic (exact) mass is 205 g/mol. The molecule has 1 aliphatic rings. The van der Waals surface area contributed by atoms with Crippen molar-refractivity contribution in [1.29, 1.82) is 0 Å². The quantitative estimate of drug-likeness (QED) is 0.775. The van der Waals surface area contributed by atoms with Gasteiger partial charge in [-0.2, -0.15) is 0 Å². The zero-order valence-electron chi connectivity index (χ0n) is 8.73. The first-order chi connectivity index (χ1) is 7.18. The van der Waals surface area contributed by atoms with E-state index in [4.69, 9.17) is 5.11 Å². The van der Waals surface area contributed by atoms with Gasteiger partial charge in [-0.3, -0.25) is 10.1 Å². The Morgan fingerprint density at radius 1 is 1.40 bits per heavy atom. The second-order valence-electron chi connectivity index (χ2n) is 4.04. The molecule has 1 aliphatic heterocycles. The lowest BCUT2D eigenvalue weighted by Crippen LogP contribution is -2.31. The maximum absolute atomic E-state index is 10.8. The van der Waals surface area contributed by atoms with Crippen LogP contribution in [-0.2, 0) is 4.79 Å². The van der Waals surface area contributed by atoms with Crippen molar-refractivity contribution in [3.63, 3.8) is 0 Å². The lowest BCUT2D eigenvalue weighted by atomic mass is 10.0. The molecule has 0 spiro atoms. The van der Waals surface area contributed by atoms with E-state index >= 15 is 0 Å². The number of hydrogen-bond acceptors (Lipinski definition) is 2. The van der Waals surface area contributed by atoms with E-state index in [-0.39, 0.29) is 12.1 Å². The van der Waals surface area contributed by atoms with Gasteiger partial charge in [-0.05, 0) is 30.9 Å². The normalized spacial score (nSPS) is 25.4. The number of aryl methyl sites for hydroxylation is 1. The van der Waals surface area contributed by atoms with Crippen molar-refractivity contribution >= 4 is 5.97 Å². The van der Waals surface area contributed by atoms with Crippen molar-refractivity contribution in [2.45, 2.75) is 31.8 Å². The summed E-state index contributed by atoms with van der Waals surface area (Å²) in [5.74, 6) is -0.744. The molecule has 0 aliphatic carbocycles. The van der Waals surface area contributed by atoms with Gasteiger partial charge >= 0.3 is 5.97 Å². The predicted molar refractivity (Wildman–Crippen MR) is 57.7 cm³/mol. The maximum Gasteiger partial charge on any atom is 0.320 e. The van der Waals surface area contributed by atoms with E-state index in [0.29, 0.717) is 6.42 Å². The SMILES string of the molecule is Cc1ccccc1C1CC[C@@H](C(=O)O)N1. The van der Waals surface area contributed by atoms with Gasteiger partial charge in [0.1, 0.15) is 6.04 Å². The van der Waals surface area contributed by atoms with E-state index in [1.54, 1.807) is 0 Å². The molecule has 2 N–H and O–H groups in total. The lowest BCUT2D eigenvalue weighted by molar-refractivity contribution is -0.139. The first-order valence-corrected chi connectivity index (χ1v) is 5.23. The van der Waals surface area contributed by atoms with Crippen molar-refractivity contribution in [2.24, 2.45) is 0 Å². The molecule has 1 aromatic carbocycles. The number of benzene rings is 1. The van der Waals surface area contributed by atoms with Gasteiger partial charge in [0.25, 0.3) is 0 Å². The highest BCUT2D eigenvalue weighted by atomic mass is 16.4. The molecule has 1 fully saturated rings. The molecule has 80 valence electrons. The molecule has 3 nitrogen and oxygen atoms in total. The van der Waals surface area contributed by atoms with Crippen LogP contribution in [0.15, 0.2) is 24.3 Å². The second-order valence-corrected chi connectivity index (χ2v) is 4.04. The third kappa shape index (κ3) is 2.02. The fourth-order valence-electron chi connectivity index (χ4n) is 2.16. The van der Waals surface area contributed by atoms with Gasteiger partial charge in [-0.1, -0.05) is 24.3 Å². The summed E-state index contributed by atoms with van der Waals surface area (Å²) >= 11 is 0. The molecule has 1 aromatic rings. The Balaban J connectivity index is 2.14. The van der Waals surface area contributed by atoms with Crippen LogP contribution in [0.3, 0.4) is 0 Å². The first-order valence-electron chi connectivity index (χ1n) is 5.23. The lowest BCUT2D eigenvalue weighted by Gasteiger charge is -2.14. The second kappa shape index (κ2) is 4.03. The summed E-state index contributed by atoms with van der Waals surface area (Å²) in [6, 6.07) is 7.95. The zero-order chi connectivity index (χ0) is 10.8. The predicted octanol–water partition coefficient (Wildman–Crippen LogP) is 1.87. The molecule has 0 radical (unpaired) electrons. The van der Waals surface area contributed by atoms with E-state index in [2.05, 4.69) is 24.4 Å². The number of nitrogens with one attached hydrogen (secondary N) is 1. The molecule has 0 amide bonds. The van der Waals surface area contributed by atoms with Crippen molar-refractivity contribution in [3.05, 3.63) is 35.4 Å². The van der Waals surface area contributed by atoms with Crippen LogP contribution in [0.5, 0.6) is 0 Å². The van der Waals surface area contributed by atoms with Crippen molar-refractivity contribution in [2.75, 3.05) is 0 Å². The minimum absolute atomic E-state index is 0.201. The first kappa shape index (κ1) is 10.2. The number of hydrogen-bond donors (Lipinski definition) is 2. The molecule has 1 saturated heterocycles. The third-order valence-corrected chi connectivity index (χ3v) is 3.01. The minimum Gasteiger partial charge on any atom is -0.480 e. The van der Waals surface area contributed by atoms with Crippen LogP contribution in [0.2, 0.25) is 0 Å². The summed E-state index contributed by atoms with van der Waals surface area (Å²) in [5.41, 5.74) is 2.45. The Kier molecular flexibility index (Phi) is 2.73. The van der Waals surface area contributed by atoms with Crippen LogP contribution >= 0.6 is 0 Å². The molecule has 0 bridgehead atoms. The topological polar surface area (TPSA) is 49.3 Å². The molecular weight excluding hydrogens is 190 g/mol. The molecule has 2 rings (SSSR count). The van der Waals surface area contributed by atoms with Crippen LogP contribution in [0, 0.1) is 6.92 Å². The van der Waals surface area contributed by atoms with Crippen LogP contribution in [0.25, 0.3) is 0 Å². The third-order valence-electron chi connectivity index (χ3n) is 3.01. The molecule has 1 heterocycles. The van der Waals surface area contributed by atoms with Crippen LogP contribution in [0.4, 0.5) is 0 Å². The molecule has 1 unspecified atom stereocenters. The molecule has 2 atom stereocenters. The molecule has 3 heteroatoms. The largest absolute Gasteiger partial charge is 0.480 e. The number of carboxylic acid groups (broad SMARTS) is 1. The van der Waals surface area contributed by atoms with Crippen molar-refractivity contribution in [3.8, 4) is 0 Å². The van der Waals surface area contributed by atoms with Gasteiger partial charge in [-0.15, -0.1) is 0 Å². The van der Waals surface area contributed by atoms with Crippen LogP contribution < -0.4 is 5.32 Å². The molecule has 0 aromatic heterocycles. The van der Waals surface area contributed by atoms with E-state index in [1.807, 2.05) is 12.1 Å². The van der Waals surface area contributed by atoms with Crippen molar-refractivity contribution in [1.82, 2.24) is 5.32 Å². The summed E-state index contributed by atoms with van der Waals surface area (Å²) < 4.78 is 0. The molecule has 15 heavy (non-hydrogen) atoms. The van der Waals surface area contributed by atoms with Crippen molar-refractivity contribution < 1.29 is 9.90 Å². The fourth-order valence-corrected chi connectivity index (χ4v) is 2.16. The highest BCUT2D eigenvalue weighted by molar-refractivity contribution is 5.74. The standard InChI is InChI=1S/C12H15NO2/c1-8-4-2-3-5-9(8)10-6-7-11(13-10)12(14)15/h2-5,10-11,13H,6-7H2,1H3,(H,14,15)/t10?,11-/m0/s1. The average molecular weight is 205 g/mol. The Hall–Kier alpha value is -1.35. The molecular formula is C12H15NO2.